The molecule has 126 valence electrons. The van der Waals surface area contributed by atoms with E-state index in [4.69, 9.17) is 21.1 Å². The SMILES string of the molecule is O=C1SC(c2cc(I)ccc2Cl)=N/C1=C\c1cc2c(cc1Br)OCO2. The van der Waals surface area contributed by atoms with Crippen molar-refractivity contribution in [2.45, 2.75) is 0 Å². The third kappa shape index (κ3) is 3.47. The lowest BCUT2D eigenvalue weighted by Gasteiger charge is -2.02. The van der Waals surface area contributed by atoms with Crippen molar-refractivity contribution in [3.05, 3.63) is 60.2 Å². The first kappa shape index (κ1) is 17.4. The smallest absolute Gasteiger partial charge is 0.244 e. The Balaban J connectivity index is 1.73. The van der Waals surface area contributed by atoms with E-state index in [-0.39, 0.29) is 11.9 Å². The van der Waals surface area contributed by atoms with Gasteiger partial charge in [0.2, 0.25) is 11.9 Å². The number of thioether (sulfide) groups is 1. The monoisotopic (exact) mass is 547 g/mol. The van der Waals surface area contributed by atoms with Crippen LogP contribution in [-0.2, 0) is 4.79 Å². The van der Waals surface area contributed by atoms with Crippen LogP contribution in [0, 0.1) is 3.57 Å². The number of ether oxygens (including phenoxy) is 2. The van der Waals surface area contributed by atoms with Gasteiger partial charge in [0.1, 0.15) is 10.7 Å². The molecule has 0 fully saturated rings. The first-order valence-corrected chi connectivity index (χ1v) is 10.1. The van der Waals surface area contributed by atoms with E-state index in [0.717, 1.165) is 30.9 Å². The van der Waals surface area contributed by atoms with E-state index in [9.17, 15) is 4.79 Å². The van der Waals surface area contributed by atoms with Gasteiger partial charge < -0.3 is 9.47 Å². The van der Waals surface area contributed by atoms with E-state index in [1.54, 1.807) is 6.08 Å². The van der Waals surface area contributed by atoms with Gasteiger partial charge in [0.05, 0.1) is 5.02 Å². The topological polar surface area (TPSA) is 47.9 Å². The predicted molar refractivity (Wildman–Crippen MR) is 112 cm³/mol. The summed E-state index contributed by atoms with van der Waals surface area (Å²) in [6.45, 7) is 0.198. The summed E-state index contributed by atoms with van der Waals surface area (Å²) in [6, 6.07) is 9.28. The molecule has 2 aromatic rings. The van der Waals surface area contributed by atoms with Gasteiger partial charge in [-0.05, 0) is 76.3 Å². The van der Waals surface area contributed by atoms with Crippen molar-refractivity contribution >= 4 is 78.1 Å². The normalized spacial score (nSPS) is 17.3. The standard InChI is InChI=1S/C17H8BrClINO3S/c18-11-6-15-14(23-7-24-15)4-8(11)3-13-17(22)25-16(21-13)10-5-9(20)1-2-12(10)19/h1-6H,7H2/b13-3-. The number of fused-ring (bicyclic) bond motifs is 1. The van der Waals surface area contributed by atoms with Crippen LogP contribution in [0.15, 0.2) is 45.5 Å². The minimum Gasteiger partial charge on any atom is -0.454 e. The fraction of sp³-hybridized carbons (Fsp3) is 0.0588. The Kier molecular flexibility index (Phi) is 4.83. The first-order chi connectivity index (χ1) is 12.0. The van der Waals surface area contributed by atoms with Crippen molar-refractivity contribution in [1.29, 1.82) is 0 Å². The molecule has 0 N–H and O–H groups in total. The Morgan fingerprint density at radius 1 is 1.24 bits per heavy atom. The number of aliphatic imine (C=N–C) groups is 1. The highest BCUT2D eigenvalue weighted by molar-refractivity contribution is 14.1. The molecule has 0 bridgehead atoms. The highest BCUT2D eigenvalue weighted by atomic mass is 127. The van der Waals surface area contributed by atoms with E-state index in [1.807, 2.05) is 30.3 Å². The third-order valence-corrected chi connectivity index (χ3v) is 6.15. The Bertz CT molecular complexity index is 977. The molecule has 0 radical (unpaired) electrons. The fourth-order valence-electron chi connectivity index (χ4n) is 2.38. The zero-order valence-electron chi connectivity index (χ0n) is 12.4. The van der Waals surface area contributed by atoms with Gasteiger partial charge in [-0.3, -0.25) is 4.79 Å². The zero-order valence-corrected chi connectivity index (χ0v) is 17.7. The number of carbonyl (C=O) groups is 1. The predicted octanol–water partition coefficient (Wildman–Crippen LogP) is 5.50. The molecule has 2 aliphatic heterocycles. The van der Waals surface area contributed by atoms with Crippen molar-refractivity contribution < 1.29 is 14.3 Å². The van der Waals surface area contributed by atoms with Crippen LogP contribution in [-0.4, -0.2) is 17.0 Å². The summed E-state index contributed by atoms with van der Waals surface area (Å²) < 4.78 is 12.6. The van der Waals surface area contributed by atoms with Gasteiger partial charge in [0.25, 0.3) is 0 Å². The van der Waals surface area contributed by atoms with Crippen molar-refractivity contribution in [3.8, 4) is 11.5 Å². The summed E-state index contributed by atoms with van der Waals surface area (Å²) in [4.78, 5) is 16.8. The summed E-state index contributed by atoms with van der Waals surface area (Å²) in [5.74, 6) is 1.33. The number of hydrogen-bond donors (Lipinski definition) is 0. The first-order valence-electron chi connectivity index (χ1n) is 7.08. The van der Waals surface area contributed by atoms with Crippen LogP contribution in [0.3, 0.4) is 0 Å². The summed E-state index contributed by atoms with van der Waals surface area (Å²) in [6.07, 6.45) is 1.73. The van der Waals surface area contributed by atoms with E-state index >= 15 is 0 Å². The second kappa shape index (κ2) is 6.94. The summed E-state index contributed by atoms with van der Waals surface area (Å²) in [5.41, 5.74) is 1.93. The summed E-state index contributed by atoms with van der Waals surface area (Å²) >= 11 is 13.0. The molecule has 0 spiro atoms. The highest BCUT2D eigenvalue weighted by Gasteiger charge is 2.25. The van der Waals surface area contributed by atoms with Crippen molar-refractivity contribution in [1.82, 2.24) is 0 Å². The molecular formula is C17H8BrClINO3S. The van der Waals surface area contributed by atoms with Gasteiger partial charge in [-0.25, -0.2) is 4.99 Å². The average Bonchev–Trinajstić information content (AvgIpc) is 3.17. The summed E-state index contributed by atoms with van der Waals surface area (Å²) in [5, 5.41) is 1.07. The maximum absolute atomic E-state index is 12.4. The minimum atomic E-state index is -0.116. The molecule has 8 heteroatoms. The van der Waals surface area contributed by atoms with Gasteiger partial charge >= 0.3 is 0 Å². The van der Waals surface area contributed by atoms with E-state index in [0.29, 0.717) is 27.3 Å². The van der Waals surface area contributed by atoms with Crippen LogP contribution in [0.5, 0.6) is 11.5 Å². The second-order valence-electron chi connectivity index (χ2n) is 5.19. The number of hydrogen-bond acceptors (Lipinski definition) is 5. The highest BCUT2D eigenvalue weighted by Crippen LogP contribution is 2.39. The summed E-state index contributed by atoms with van der Waals surface area (Å²) in [7, 11) is 0. The minimum absolute atomic E-state index is 0.116. The number of benzene rings is 2. The van der Waals surface area contributed by atoms with E-state index in [1.165, 1.54) is 0 Å². The van der Waals surface area contributed by atoms with Gasteiger partial charge in [-0.2, -0.15) is 0 Å². The molecule has 0 saturated carbocycles. The quantitative estimate of drug-likeness (QED) is 0.368. The molecule has 0 saturated heterocycles. The van der Waals surface area contributed by atoms with Gasteiger partial charge in [0, 0.05) is 13.6 Å². The van der Waals surface area contributed by atoms with Crippen molar-refractivity contribution in [3.63, 3.8) is 0 Å². The zero-order chi connectivity index (χ0) is 17.6. The molecule has 2 aromatic carbocycles. The molecular weight excluding hydrogens is 541 g/mol. The van der Waals surface area contributed by atoms with Gasteiger partial charge in [-0.1, -0.05) is 27.5 Å². The molecule has 0 amide bonds. The number of halogens is 3. The van der Waals surface area contributed by atoms with Crippen LogP contribution < -0.4 is 9.47 Å². The number of carbonyl (C=O) groups excluding carboxylic acids is 1. The Morgan fingerprint density at radius 3 is 2.80 bits per heavy atom. The molecule has 0 unspecified atom stereocenters. The van der Waals surface area contributed by atoms with Crippen LogP contribution >= 0.6 is 61.9 Å². The van der Waals surface area contributed by atoms with Crippen LogP contribution in [0.2, 0.25) is 5.02 Å². The number of nitrogens with zero attached hydrogens (tertiary/aromatic N) is 1. The molecule has 0 atom stereocenters. The van der Waals surface area contributed by atoms with Gasteiger partial charge in [-0.15, -0.1) is 0 Å². The largest absolute Gasteiger partial charge is 0.454 e. The van der Waals surface area contributed by atoms with Gasteiger partial charge in [0.15, 0.2) is 11.5 Å². The van der Waals surface area contributed by atoms with Crippen LogP contribution in [0.25, 0.3) is 6.08 Å². The maximum Gasteiger partial charge on any atom is 0.244 e. The molecule has 4 rings (SSSR count). The Morgan fingerprint density at radius 2 is 2.00 bits per heavy atom. The molecule has 4 nitrogen and oxygen atoms in total. The Labute approximate surface area is 174 Å². The average molecular weight is 549 g/mol. The molecule has 2 aliphatic rings. The lowest BCUT2D eigenvalue weighted by molar-refractivity contribution is -0.107. The molecule has 2 heterocycles. The van der Waals surface area contributed by atoms with E-state index in [2.05, 4.69) is 43.5 Å². The van der Waals surface area contributed by atoms with Crippen molar-refractivity contribution in [2.75, 3.05) is 6.79 Å². The second-order valence-corrected chi connectivity index (χ2v) is 8.66. The van der Waals surface area contributed by atoms with Crippen LogP contribution in [0.1, 0.15) is 11.1 Å². The number of rotatable bonds is 2. The molecule has 0 aliphatic carbocycles. The van der Waals surface area contributed by atoms with E-state index < -0.39 is 0 Å². The molecule has 25 heavy (non-hydrogen) atoms. The van der Waals surface area contributed by atoms with Crippen molar-refractivity contribution in [2.24, 2.45) is 4.99 Å². The Hall–Kier alpha value is -1.03. The third-order valence-electron chi connectivity index (χ3n) is 3.56. The maximum atomic E-state index is 12.4. The van der Waals surface area contributed by atoms with Crippen LogP contribution in [0.4, 0.5) is 0 Å². The fourth-order valence-corrected chi connectivity index (χ4v) is 4.38. The molecule has 0 aromatic heterocycles. The lowest BCUT2D eigenvalue weighted by Crippen LogP contribution is -1.95. The lowest BCUT2D eigenvalue weighted by atomic mass is 10.1.